The first kappa shape index (κ1) is 23.3. The number of ether oxygens (including phenoxy) is 1. The summed E-state index contributed by atoms with van der Waals surface area (Å²) in [6.07, 6.45) is 0.955. The van der Waals surface area contributed by atoms with E-state index in [-0.39, 0.29) is 23.8 Å². The highest BCUT2D eigenvalue weighted by Crippen LogP contribution is 2.24. The number of benzene rings is 2. The Morgan fingerprint density at radius 2 is 2.06 bits per heavy atom. The molecule has 1 aromatic heterocycles. The Morgan fingerprint density at radius 3 is 2.88 bits per heavy atom. The van der Waals surface area contributed by atoms with Crippen LogP contribution in [0.4, 0.5) is 0 Å². The molecule has 0 saturated carbocycles. The van der Waals surface area contributed by atoms with Crippen molar-refractivity contribution >= 4 is 17.7 Å². The highest BCUT2D eigenvalue weighted by molar-refractivity contribution is 8.00. The number of carbonyl (C=O) groups excluding carboxylic acids is 1. The molecule has 0 aliphatic carbocycles. The third-order valence-corrected chi connectivity index (χ3v) is 6.59. The van der Waals surface area contributed by atoms with Crippen molar-refractivity contribution in [3.8, 4) is 5.75 Å². The second kappa shape index (κ2) is 10.9. The molecule has 1 amide bonds. The summed E-state index contributed by atoms with van der Waals surface area (Å²) < 4.78 is 11.5. The summed E-state index contributed by atoms with van der Waals surface area (Å²) in [5.74, 6) is 1.17. The third-order valence-electron chi connectivity index (χ3n) is 5.66. The molecule has 2 atom stereocenters. The fourth-order valence-corrected chi connectivity index (χ4v) is 4.52. The van der Waals surface area contributed by atoms with Gasteiger partial charge in [-0.25, -0.2) is 0 Å². The quantitative estimate of drug-likeness (QED) is 0.475. The lowest BCUT2D eigenvalue weighted by molar-refractivity contribution is -0.120. The lowest BCUT2D eigenvalue weighted by atomic mass is 10.1. The number of nitrogens with one attached hydrogen (secondary N) is 1. The molecule has 4 rings (SSSR count). The van der Waals surface area contributed by atoms with Crippen LogP contribution in [-0.4, -0.2) is 45.4 Å². The predicted molar refractivity (Wildman–Crippen MR) is 128 cm³/mol. The second-order valence-corrected chi connectivity index (χ2v) is 9.79. The molecule has 0 bridgehead atoms. The van der Waals surface area contributed by atoms with Crippen LogP contribution in [0.2, 0.25) is 0 Å². The largest absolute Gasteiger partial charge is 0.484 e. The van der Waals surface area contributed by atoms with Gasteiger partial charge in [0.2, 0.25) is 5.91 Å². The number of rotatable bonds is 9. The molecule has 3 aromatic rings. The SMILES string of the molecule is Cc1ccc(C)c(OCc2nnc(S[C@@H](C)C(=O)N[C@H]3CCN(Cc4ccccc4)C3)o2)c1. The van der Waals surface area contributed by atoms with Gasteiger partial charge in [-0.3, -0.25) is 9.69 Å². The van der Waals surface area contributed by atoms with E-state index in [1.165, 1.54) is 17.3 Å². The number of aromatic nitrogens is 2. The Hall–Kier alpha value is -2.84. The first-order chi connectivity index (χ1) is 16.0. The normalized spacial score (nSPS) is 17.1. The summed E-state index contributed by atoms with van der Waals surface area (Å²) in [5.41, 5.74) is 3.47. The van der Waals surface area contributed by atoms with Gasteiger partial charge in [0.1, 0.15) is 5.75 Å². The number of carbonyl (C=O) groups is 1. The van der Waals surface area contributed by atoms with Gasteiger partial charge in [0.25, 0.3) is 11.1 Å². The van der Waals surface area contributed by atoms with E-state index in [4.69, 9.17) is 9.15 Å². The number of nitrogens with zero attached hydrogens (tertiary/aromatic N) is 3. The number of hydrogen-bond donors (Lipinski definition) is 1. The molecule has 174 valence electrons. The van der Waals surface area contributed by atoms with Gasteiger partial charge in [0.05, 0.1) is 5.25 Å². The van der Waals surface area contributed by atoms with Crippen molar-refractivity contribution in [1.82, 2.24) is 20.4 Å². The summed E-state index contributed by atoms with van der Waals surface area (Å²) in [4.78, 5) is 15.1. The highest BCUT2D eigenvalue weighted by Gasteiger charge is 2.26. The zero-order valence-electron chi connectivity index (χ0n) is 19.3. The van der Waals surface area contributed by atoms with Crippen molar-refractivity contribution in [3.05, 3.63) is 71.1 Å². The van der Waals surface area contributed by atoms with Crippen molar-refractivity contribution in [3.63, 3.8) is 0 Å². The summed E-state index contributed by atoms with van der Waals surface area (Å²) in [6, 6.07) is 16.6. The average molecular weight is 467 g/mol. The fourth-order valence-electron chi connectivity index (χ4n) is 3.81. The Bertz CT molecular complexity index is 1070. The molecule has 0 radical (unpaired) electrons. The first-order valence-corrected chi connectivity index (χ1v) is 12.1. The van der Waals surface area contributed by atoms with Crippen LogP contribution in [0.1, 0.15) is 35.9 Å². The minimum absolute atomic E-state index is 0.0158. The monoisotopic (exact) mass is 466 g/mol. The van der Waals surface area contributed by atoms with Crippen molar-refractivity contribution in [2.45, 2.75) is 56.9 Å². The van der Waals surface area contributed by atoms with Gasteiger partial charge in [-0.05, 0) is 49.9 Å². The standard InChI is InChI=1S/C25H30N4O3S/c1-17-9-10-18(2)22(13-17)31-16-23-27-28-25(32-23)33-19(3)24(30)26-21-11-12-29(15-21)14-20-7-5-4-6-8-20/h4-10,13,19,21H,11-12,14-16H2,1-3H3,(H,26,30)/t19-,21-/m0/s1. The van der Waals surface area contributed by atoms with Gasteiger partial charge >= 0.3 is 0 Å². The molecule has 1 aliphatic heterocycles. The number of amides is 1. The van der Waals surface area contributed by atoms with Crippen molar-refractivity contribution in [2.24, 2.45) is 0 Å². The van der Waals surface area contributed by atoms with Gasteiger partial charge < -0.3 is 14.5 Å². The molecule has 33 heavy (non-hydrogen) atoms. The van der Waals surface area contributed by atoms with E-state index in [1.807, 2.05) is 45.0 Å². The number of hydrogen-bond acceptors (Lipinski definition) is 7. The van der Waals surface area contributed by atoms with Gasteiger partial charge in [-0.1, -0.05) is 54.2 Å². The Morgan fingerprint density at radius 1 is 1.24 bits per heavy atom. The molecule has 0 unspecified atom stereocenters. The van der Waals surface area contributed by atoms with Crippen LogP contribution in [0.25, 0.3) is 0 Å². The van der Waals surface area contributed by atoms with E-state index in [2.05, 4.69) is 44.7 Å². The van der Waals surface area contributed by atoms with E-state index in [0.717, 1.165) is 42.9 Å². The number of aryl methyl sites for hydroxylation is 2. The van der Waals surface area contributed by atoms with E-state index >= 15 is 0 Å². The molecular weight excluding hydrogens is 436 g/mol. The number of likely N-dealkylation sites (tertiary alicyclic amines) is 1. The van der Waals surface area contributed by atoms with Gasteiger partial charge in [0.15, 0.2) is 6.61 Å². The maximum Gasteiger partial charge on any atom is 0.277 e. The second-order valence-electron chi connectivity index (χ2n) is 8.49. The molecule has 8 heteroatoms. The topological polar surface area (TPSA) is 80.5 Å². The average Bonchev–Trinajstić information content (AvgIpc) is 3.44. The molecule has 2 heterocycles. The minimum Gasteiger partial charge on any atom is -0.484 e. The summed E-state index contributed by atoms with van der Waals surface area (Å²) >= 11 is 1.27. The van der Waals surface area contributed by atoms with E-state index in [9.17, 15) is 4.79 Å². The molecule has 0 spiro atoms. The zero-order chi connectivity index (χ0) is 23.2. The fraction of sp³-hybridized carbons (Fsp3) is 0.400. The molecule has 2 aromatic carbocycles. The van der Waals surface area contributed by atoms with Crippen LogP contribution >= 0.6 is 11.8 Å². The molecule has 1 saturated heterocycles. The van der Waals surface area contributed by atoms with Crippen molar-refractivity contribution in [1.29, 1.82) is 0 Å². The lowest BCUT2D eigenvalue weighted by Crippen LogP contribution is -2.40. The van der Waals surface area contributed by atoms with Crippen LogP contribution in [-0.2, 0) is 17.9 Å². The Balaban J connectivity index is 1.22. The van der Waals surface area contributed by atoms with Crippen LogP contribution in [0, 0.1) is 13.8 Å². The maximum absolute atomic E-state index is 12.7. The molecular formula is C25H30N4O3S. The van der Waals surface area contributed by atoms with Gasteiger partial charge in [0, 0.05) is 25.7 Å². The van der Waals surface area contributed by atoms with Gasteiger partial charge in [-0.15, -0.1) is 10.2 Å². The van der Waals surface area contributed by atoms with E-state index in [0.29, 0.717) is 11.1 Å². The van der Waals surface area contributed by atoms with E-state index < -0.39 is 0 Å². The Kier molecular flexibility index (Phi) is 7.67. The highest BCUT2D eigenvalue weighted by atomic mass is 32.2. The molecule has 7 nitrogen and oxygen atoms in total. The summed E-state index contributed by atoms with van der Waals surface area (Å²) in [7, 11) is 0. The molecule has 1 N–H and O–H groups in total. The summed E-state index contributed by atoms with van der Waals surface area (Å²) in [5, 5.41) is 11.3. The van der Waals surface area contributed by atoms with Crippen molar-refractivity contribution < 1.29 is 13.9 Å². The minimum atomic E-state index is -0.332. The third kappa shape index (κ3) is 6.58. The maximum atomic E-state index is 12.7. The van der Waals surface area contributed by atoms with Crippen LogP contribution in [0.5, 0.6) is 5.75 Å². The first-order valence-electron chi connectivity index (χ1n) is 11.2. The lowest BCUT2D eigenvalue weighted by Gasteiger charge is -2.18. The van der Waals surface area contributed by atoms with Crippen LogP contribution in [0.15, 0.2) is 58.2 Å². The zero-order valence-corrected chi connectivity index (χ0v) is 20.1. The molecule has 1 fully saturated rings. The van der Waals surface area contributed by atoms with Gasteiger partial charge in [-0.2, -0.15) is 0 Å². The van der Waals surface area contributed by atoms with E-state index in [1.54, 1.807) is 0 Å². The van der Waals surface area contributed by atoms with Crippen molar-refractivity contribution in [2.75, 3.05) is 13.1 Å². The predicted octanol–water partition coefficient (Wildman–Crippen LogP) is 4.14. The number of thioether (sulfide) groups is 1. The smallest absolute Gasteiger partial charge is 0.277 e. The van der Waals surface area contributed by atoms with Crippen LogP contribution < -0.4 is 10.1 Å². The molecule has 1 aliphatic rings. The summed E-state index contributed by atoms with van der Waals surface area (Å²) in [6.45, 7) is 8.81. The van der Waals surface area contributed by atoms with Crippen LogP contribution in [0.3, 0.4) is 0 Å². The Labute approximate surface area is 198 Å².